The maximum atomic E-state index is 14.5. The first-order valence-corrected chi connectivity index (χ1v) is 25.1. The molecule has 1 saturated carbocycles. The molecule has 0 radical (unpaired) electrons. The summed E-state index contributed by atoms with van der Waals surface area (Å²) in [4.78, 5) is 72.3. The molecular weight excluding hydrogens is 891 g/mol. The lowest BCUT2D eigenvalue weighted by molar-refractivity contribution is -0.265. The molecule has 2 bridgehead atoms. The second kappa shape index (κ2) is 27.4. The lowest BCUT2D eigenvalue weighted by atomic mass is 9.76. The van der Waals surface area contributed by atoms with Gasteiger partial charge in [0.1, 0.15) is 36.2 Å². The Labute approximate surface area is 409 Å². The van der Waals surface area contributed by atoms with Crippen molar-refractivity contribution in [3.63, 3.8) is 0 Å². The Morgan fingerprint density at radius 1 is 0.855 bits per heavy atom. The number of aliphatic hydroxyl groups excluding tert-OH is 3. The third kappa shape index (κ3) is 15.3. The highest BCUT2D eigenvalue weighted by atomic mass is 16.6. The summed E-state index contributed by atoms with van der Waals surface area (Å²) >= 11 is 0. The molecule has 0 aromatic rings. The first-order valence-electron chi connectivity index (χ1n) is 25.1. The average Bonchev–Trinajstić information content (AvgIpc) is 3.32. The van der Waals surface area contributed by atoms with Crippen molar-refractivity contribution in [2.45, 2.75) is 180 Å². The molecule has 4 aliphatic rings. The summed E-state index contributed by atoms with van der Waals surface area (Å²) in [6.45, 7) is 12.3. The van der Waals surface area contributed by atoms with Crippen molar-refractivity contribution >= 4 is 29.2 Å². The van der Waals surface area contributed by atoms with E-state index >= 15 is 0 Å². The van der Waals surface area contributed by atoms with Crippen LogP contribution in [0.1, 0.15) is 119 Å². The first kappa shape index (κ1) is 58.1. The van der Waals surface area contributed by atoms with Crippen LogP contribution in [0.5, 0.6) is 0 Å². The second-order valence-corrected chi connectivity index (χ2v) is 20.2. The quantitative estimate of drug-likeness (QED) is 0.133. The van der Waals surface area contributed by atoms with E-state index in [1.54, 1.807) is 40.9 Å². The van der Waals surface area contributed by atoms with Crippen molar-refractivity contribution in [2.24, 2.45) is 35.5 Å². The molecule has 2 saturated heterocycles. The molecule has 1 amide bonds. The molecule has 0 aromatic heterocycles. The van der Waals surface area contributed by atoms with Crippen molar-refractivity contribution < 1.29 is 72.8 Å². The van der Waals surface area contributed by atoms with Crippen molar-refractivity contribution in [1.29, 1.82) is 0 Å². The van der Waals surface area contributed by atoms with Crippen molar-refractivity contribution in [2.75, 3.05) is 41.1 Å². The van der Waals surface area contributed by atoms with E-state index in [9.17, 15) is 44.4 Å². The molecule has 69 heavy (non-hydrogen) atoms. The summed E-state index contributed by atoms with van der Waals surface area (Å²) in [5.74, 6) is -8.83. The van der Waals surface area contributed by atoms with Gasteiger partial charge in [-0.15, -0.1) is 0 Å². The largest absolute Gasteiger partial charge is 0.460 e. The average molecular weight is 974 g/mol. The molecule has 3 heterocycles. The van der Waals surface area contributed by atoms with E-state index in [0.29, 0.717) is 63.4 Å². The van der Waals surface area contributed by atoms with Crippen molar-refractivity contribution in [3.8, 4) is 0 Å². The molecule has 4 rings (SSSR count). The topological polar surface area (TPSA) is 225 Å². The molecule has 3 unspecified atom stereocenters. The van der Waals surface area contributed by atoms with Gasteiger partial charge < -0.3 is 53.7 Å². The normalized spacial score (nSPS) is 39.9. The molecule has 1 aliphatic carbocycles. The van der Waals surface area contributed by atoms with Gasteiger partial charge in [0.2, 0.25) is 5.79 Å². The Kier molecular flexibility index (Phi) is 23.1. The van der Waals surface area contributed by atoms with Gasteiger partial charge in [0.15, 0.2) is 5.78 Å². The van der Waals surface area contributed by atoms with Crippen LogP contribution in [-0.2, 0) is 52.4 Å². The molecule has 4 N–H and O–H groups in total. The molecule has 0 spiro atoms. The van der Waals surface area contributed by atoms with Crippen LogP contribution >= 0.6 is 0 Å². The summed E-state index contributed by atoms with van der Waals surface area (Å²) in [5, 5.41) is 43.9. The number of hydrogen-bond acceptors (Lipinski definition) is 15. The lowest BCUT2D eigenvalue weighted by Crippen LogP contribution is -2.61. The highest BCUT2D eigenvalue weighted by molar-refractivity contribution is 6.39. The minimum atomic E-state index is -2.46. The van der Waals surface area contributed by atoms with Crippen molar-refractivity contribution in [3.05, 3.63) is 47.6 Å². The molecule has 16 nitrogen and oxygen atoms in total. The minimum Gasteiger partial charge on any atom is -0.460 e. The number of carbonyl (C=O) groups excluding carboxylic acids is 5. The zero-order chi connectivity index (χ0) is 51.2. The van der Waals surface area contributed by atoms with Gasteiger partial charge in [0.25, 0.3) is 11.7 Å². The highest BCUT2D eigenvalue weighted by Gasteiger charge is 2.53. The van der Waals surface area contributed by atoms with E-state index in [1.807, 2.05) is 51.2 Å². The van der Waals surface area contributed by atoms with Crippen LogP contribution in [-0.4, -0.2) is 156 Å². The van der Waals surface area contributed by atoms with Gasteiger partial charge in [0.05, 0.1) is 37.6 Å². The summed E-state index contributed by atoms with van der Waals surface area (Å²) in [6.07, 6.45) is 8.29. The SMILES string of the molecule is COC1C[C@@H]2CC[C@@H](C)[C@@](O)(O2)C(=O)C(=O)N2CCCC[C@H]2C(=O)O[C@H]([C@H](C)C[C@@H]2CC[C@@H](O)[C@H](OC)C2OCCO)CC(=O)[C@H](C)/C=C(\C)[C@@H](O)C(OC)C(=O)[C@H](C)C[C@H](C)/C=C/C=C/C=C/1C. The van der Waals surface area contributed by atoms with Crippen LogP contribution in [0.25, 0.3) is 0 Å². The van der Waals surface area contributed by atoms with Gasteiger partial charge in [-0.05, 0) is 101 Å². The van der Waals surface area contributed by atoms with Crippen LogP contribution in [0.15, 0.2) is 47.6 Å². The Morgan fingerprint density at radius 3 is 2.25 bits per heavy atom. The standard InChI is InChI=1S/C53H83NO15/c1-31-16-12-11-13-17-32(2)43(64-8)29-39-21-19-37(7)53(63,69-39)50(60)51(61)54-23-15-14-18-40(54)52(62)68-44(34(4)28-38-20-22-41(56)48(65-9)47(38)67-25-24-55)30-42(57)33(3)27-36(6)46(59)49(66-10)45(58)35(5)26-31/h11-13,16-17,27,31,33-35,37-41,43-44,46-49,55-56,59,63H,14-15,18-26,28-30H2,1-10H3/b13-11+,16-12+,32-17+,36-27+/t31-,33-,34-,35-,37-,38+,39+,40+,41-,43?,44+,46-,47?,48+,49?,53-/m1/s1. The number of ketones is 3. The maximum absolute atomic E-state index is 14.5. The summed E-state index contributed by atoms with van der Waals surface area (Å²) in [5.41, 5.74) is 1.22. The number of nitrogens with zero attached hydrogens (tertiary/aromatic N) is 1. The van der Waals surface area contributed by atoms with E-state index in [2.05, 4.69) is 0 Å². The molecular formula is C53H83NO15. The van der Waals surface area contributed by atoms with Gasteiger partial charge >= 0.3 is 5.97 Å². The van der Waals surface area contributed by atoms with Crippen LogP contribution in [0, 0.1) is 35.5 Å². The van der Waals surface area contributed by atoms with E-state index in [4.69, 9.17) is 28.4 Å². The first-order chi connectivity index (χ1) is 32.7. The molecule has 3 fully saturated rings. The van der Waals surface area contributed by atoms with Crippen LogP contribution in [0.2, 0.25) is 0 Å². The number of amides is 1. The fraction of sp³-hybridized carbons (Fsp3) is 0.755. The zero-order valence-corrected chi connectivity index (χ0v) is 42.8. The van der Waals surface area contributed by atoms with E-state index in [-0.39, 0.29) is 56.0 Å². The van der Waals surface area contributed by atoms with Gasteiger partial charge in [0, 0.05) is 58.5 Å². The number of aliphatic hydroxyl groups is 4. The Morgan fingerprint density at radius 2 is 1.58 bits per heavy atom. The molecule has 16 atom stereocenters. The number of ether oxygens (including phenoxy) is 6. The third-order valence-electron chi connectivity index (χ3n) is 15.0. The fourth-order valence-corrected chi connectivity index (χ4v) is 10.6. The zero-order valence-electron chi connectivity index (χ0n) is 42.8. The number of rotatable bonds is 9. The van der Waals surface area contributed by atoms with E-state index in [1.165, 1.54) is 14.2 Å². The van der Waals surface area contributed by atoms with E-state index in [0.717, 1.165) is 10.5 Å². The lowest BCUT2D eigenvalue weighted by Gasteiger charge is -2.43. The smallest absolute Gasteiger partial charge is 0.329 e. The number of esters is 1. The van der Waals surface area contributed by atoms with Gasteiger partial charge in [-0.3, -0.25) is 19.2 Å². The summed E-state index contributed by atoms with van der Waals surface area (Å²) in [6, 6.07) is -1.20. The molecule has 3 aliphatic heterocycles. The predicted octanol–water partition coefficient (Wildman–Crippen LogP) is 5.17. The summed E-state index contributed by atoms with van der Waals surface area (Å²) in [7, 11) is 4.41. The number of cyclic esters (lactones) is 1. The second-order valence-electron chi connectivity index (χ2n) is 20.2. The monoisotopic (exact) mass is 974 g/mol. The number of fused-ring (bicyclic) bond motifs is 3. The third-order valence-corrected chi connectivity index (χ3v) is 15.0. The minimum absolute atomic E-state index is 0.000178. The van der Waals surface area contributed by atoms with Crippen LogP contribution in [0.4, 0.5) is 0 Å². The Balaban J connectivity index is 1.74. The van der Waals surface area contributed by atoms with E-state index < -0.39 is 102 Å². The summed E-state index contributed by atoms with van der Waals surface area (Å²) < 4.78 is 35.6. The van der Waals surface area contributed by atoms with Gasteiger partial charge in [-0.25, -0.2) is 4.79 Å². The fourth-order valence-electron chi connectivity index (χ4n) is 10.6. The van der Waals surface area contributed by atoms with Gasteiger partial charge in [-0.1, -0.05) is 71.1 Å². The van der Waals surface area contributed by atoms with Crippen LogP contribution in [0.3, 0.4) is 0 Å². The number of allylic oxidation sites excluding steroid dienone is 6. The molecule has 0 aromatic carbocycles. The molecule has 16 heteroatoms. The Hall–Kier alpha value is -3.45. The predicted molar refractivity (Wildman–Crippen MR) is 257 cm³/mol. The van der Waals surface area contributed by atoms with Crippen molar-refractivity contribution in [1.82, 2.24) is 4.90 Å². The number of methoxy groups -OCH3 is 3. The Bertz CT molecular complexity index is 1850. The number of hydrogen-bond donors (Lipinski definition) is 4. The number of carbonyl (C=O) groups is 5. The number of piperidine rings is 1. The molecule has 390 valence electrons. The van der Waals surface area contributed by atoms with Gasteiger partial charge in [-0.2, -0.15) is 0 Å². The highest BCUT2D eigenvalue weighted by Crippen LogP contribution is 2.38. The van der Waals surface area contributed by atoms with Crippen LogP contribution < -0.4 is 0 Å². The maximum Gasteiger partial charge on any atom is 0.329 e. The number of Topliss-reactive ketones (excluding diaryl/α,β-unsaturated/α-hetero) is 3.